The highest BCUT2D eigenvalue weighted by atomic mass is 16.3. The van der Waals surface area contributed by atoms with Crippen LogP contribution in [0.5, 0.6) is 0 Å². The van der Waals surface area contributed by atoms with E-state index in [9.17, 15) is 9.90 Å². The molecule has 1 aliphatic heterocycles. The minimum atomic E-state index is -0.152. The molecular formula is C11H20N2O2. The summed E-state index contributed by atoms with van der Waals surface area (Å²) in [6.07, 6.45) is 4.04. The van der Waals surface area contributed by atoms with Gasteiger partial charge in [-0.05, 0) is 25.7 Å². The summed E-state index contributed by atoms with van der Waals surface area (Å²) in [4.78, 5) is 13.2. The molecule has 3 atom stereocenters. The van der Waals surface area contributed by atoms with Gasteiger partial charge in [-0.3, -0.25) is 9.69 Å². The lowest BCUT2D eigenvalue weighted by molar-refractivity contribution is -0.119. The van der Waals surface area contributed by atoms with Crippen LogP contribution in [0.2, 0.25) is 0 Å². The van der Waals surface area contributed by atoms with Crippen molar-refractivity contribution in [3.8, 4) is 0 Å². The van der Waals surface area contributed by atoms with Crippen molar-refractivity contribution in [1.82, 2.24) is 10.2 Å². The first kappa shape index (κ1) is 10.9. The summed E-state index contributed by atoms with van der Waals surface area (Å²) in [7, 11) is 0. The molecule has 1 unspecified atom stereocenters. The summed E-state index contributed by atoms with van der Waals surface area (Å²) in [5.74, 6) is 0.0498. The number of aliphatic hydroxyl groups excluding tert-OH is 1. The van der Waals surface area contributed by atoms with E-state index in [-0.39, 0.29) is 18.1 Å². The lowest BCUT2D eigenvalue weighted by atomic mass is 10.2. The van der Waals surface area contributed by atoms with Crippen molar-refractivity contribution < 1.29 is 9.90 Å². The van der Waals surface area contributed by atoms with Crippen LogP contribution in [0.3, 0.4) is 0 Å². The molecule has 0 spiro atoms. The van der Waals surface area contributed by atoms with Crippen LogP contribution in [0.15, 0.2) is 0 Å². The first-order chi connectivity index (χ1) is 7.16. The van der Waals surface area contributed by atoms with Gasteiger partial charge in [0.05, 0.1) is 6.10 Å². The fourth-order valence-corrected chi connectivity index (χ4v) is 2.84. The number of hydrogen-bond acceptors (Lipinski definition) is 3. The van der Waals surface area contributed by atoms with Gasteiger partial charge in [0.1, 0.15) is 0 Å². The molecule has 0 aromatic heterocycles. The van der Waals surface area contributed by atoms with Crippen LogP contribution in [0.25, 0.3) is 0 Å². The zero-order chi connectivity index (χ0) is 10.8. The maximum atomic E-state index is 10.9. The first-order valence-corrected chi connectivity index (χ1v) is 5.86. The Morgan fingerprint density at radius 3 is 2.80 bits per heavy atom. The Bertz CT molecular complexity index is 245. The van der Waals surface area contributed by atoms with Crippen LogP contribution >= 0.6 is 0 Å². The zero-order valence-corrected chi connectivity index (χ0v) is 9.28. The van der Waals surface area contributed by atoms with Crippen molar-refractivity contribution >= 4 is 5.91 Å². The molecular weight excluding hydrogens is 192 g/mol. The summed E-state index contributed by atoms with van der Waals surface area (Å²) in [5.41, 5.74) is 0. The number of amides is 1. The minimum Gasteiger partial charge on any atom is -0.391 e. The summed E-state index contributed by atoms with van der Waals surface area (Å²) < 4.78 is 0. The highest BCUT2D eigenvalue weighted by Gasteiger charge is 2.35. The molecule has 1 saturated carbocycles. The van der Waals surface area contributed by atoms with E-state index in [1.54, 1.807) is 6.92 Å². The Hall–Kier alpha value is -0.610. The van der Waals surface area contributed by atoms with Gasteiger partial charge in [-0.2, -0.15) is 0 Å². The third-order valence-electron chi connectivity index (χ3n) is 3.54. The molecule has 2 aliphatic rings. The fourth-order valence-electron chi connectivity index (χ4n) is 2.84. The lowest BCUT2D eigenvalue weighted by Crippen LogP contribution is -2.42. The summed E-state index contributed by atoms with van der Waals surface area (Å²) in [6.45, 7) is 3.47. The molecule has 86 valence electrons. The van der Waals surface area contributed by atoms with Crippen LogP contribution in [-0.2, 0) is 4.79 Å². The second-order valence-electron chi connectivity index (χ2n) is 4.75. The largest absolute Gasteiger partial charge is 0.391 e. The van der Waals surface area contributed by atoms with Gasteiger partial charge >= 0.3 is 0 Å². The summed E-state index contributed by atoms with van der Waals surface area (Å²) in [5, 5.41) is 12.7. The van der Waals surface area contributed by atoms with Crippen LogP contribution in [0.1, 0.15) is 32.6 Å². The Kier molecular flexibility index (Phi) is 3.26. The molecule has 0 bridgehead atoms. The highest BCUT2D eigenvalue weighted by molar-refractivity contribution is 5.73. The standard InChI is InChI=1S/C11H20N2O2/c1-8(14)12-9-5-6-13(7-9)10-3-2-4-11(10)15/h9-11,15H,2-7H2,1H3,(H,12,14)/t9?,10-,11-/m0/s1. The molecule has 2 N–H and O–H groups in total. The van der Waals surface area contributed by atoms with Gasteiger partial charge in [-0.1, -0.05) is 0 Å². The fraction of sp³-hybridized carbons (Fsp3) is 0.909. The maximum absolute atomic E-state index is 10.9. The third kappa shape index (κ3) is 2.49. The van der Waals surface area contributed by atoms with Gasteiger partial charge in [0.25, 0.3) is 0 Å². The minimum absolute atomic E-state index is 0.0498. The monoisotopic (exact) mass is 212 g/mol. The van der Waals surface area contributed by atoms with Crippen molar-refractivity contribution in [3.05, 3.63) is 0 Å². The molecule has 1 amide bonds. The van der Waals surface area contributed by atoms with Crippen molar-refractivity contribution in [1.29, 1.82) is 0 Å². The normalized spacial score (nSPS) is 37.1. The van der Waals surface area contributed by atoms with E-state index in [0.29, 0.717) is 6.04 Å². The van der Waals surface area contributed by atoms with Gasteiger partial charge < -0.3 is 10.4 Å². The van der Waals surface area contributed by atoms with Crippen molar-refractivity contribution in [2.75, 3.05) is 13.1 Å². The Labute approximate surface area is 90.6 Å². The van der Waals surface area contributed by atoms with E-state index < -0.39 is 0 Å². The second-order valence-corrected chi connectivity index (χ2v) is 4.75. The molecule has 15 heavy (non-hydrogen) atoms. The second kappa shape index (κ2) is 4.49. The van der Waals surface area contributed by atoms with Crippen LogP contribution in [0.4, 0.5) is 0 Å². The van der Waals surface area contributed by atoms with E-state index in [1.807, 2.05) is 0 Å². The van der Waals surface area contributed by atoms with Gasteiger partial charge in [0.15, 0.2) is 0 Å². The number of carbonyl (C=O) groups is 1. The molecule has 1 heterocycles. The molecule has 4 heteroatoms. The lowest BCUT2D eigenvalue weighted by Gasteiger charge is -2.26. The Morgan fingerprint density at radius 1 is 1.40 bits per heavy atom. The Morgan fingerprint density at radius 2 is 2.20 bits per heavy atom. The molecule has 0 radical (unpaired) electrons. The van der Waals surface area contributed by atoms with Crippen molar-refractivity contribution in [2.45, 2.75) is 50.8 Å². The smallest absolute Gasteiger partial charge is 0.217 e. The van der Waals surface area contributed by atoms with Crippen LogP contribution in [-0.4, -0.2) is 47.2 Å². The number of nitrogens with zero attached hydrogens (tertiary/aromatic N) is 1. The molecule has 0 aromatic carbocycles. The zero-order valence-electron chi connectivity index (χ0n) is 9.28. The number of rotatable bonds is 2. The molecule has 0 aromatic rings. The van der Waals surface area contributed by atoms with E-state index in [1.165, 1.54) is 0 Å². The predicted octanol–water partition coefficient (Wildman–Crippen LogP) is 0.110. The van der Waals surface area contributed by atoms with E-state index in [4.69, 9.17) is 0 Å². The van der Waals surface area contributed by atoms with E-state index in [2.05, 4.69) is 10.2 Å². The molecule has 2 rings (SSSR count). The first-order valence-electron chi connectivity index (χ1n) is 5.86. The maximum Gasteiger partial charge on any atom is 0.217 e. The molecule has 1 saturated heterocycles. The quantitative estimate of drug-likeness (QED) is 0.683. The average Bonchev–Trinajstić information content (AvgIpc) is 2.72. The van der Waals surface area contributed by atoms with Gasteiger partial charge in [-0.15, -0.1) is 0 Å². The van der Waals surface area contributed by atoms with Crippen molar-refractivity contribution in [2.24, 2.45) is 0 Å². The topological polar surface area (TPSA) is 52.6 Å². The average molecular weight is 212 g/mol. The summed E-state index contributed by atoms with van der Waals surface area (Å²) in [6, 6.07) is 0.624. The number of aliphatic hydroxyl groups is 1. The van der Waals surface area contributed by atoms with Crippen LogP contribution < -0.4 is 5.32 Å². The summed E-state index contributed by atoms with van der Waals surface area (Å²) >= 11 is 0. The number of nitrogens with one attached hydrogen (secondary N) is 1. The van der Waals surface area contributed by atoms with Crippen LogP contribution in [0, 0.1) is 0 Å². The van der Waals surface area contributed by atoms with Gasteiger partial charge in [-0.25, -0.2) is 0 Å². The number of hydrogen-bond donors (Lipinski definition) is 2. The molecule has 2 fully saturated rings. The SMILES string of the molecule is CC(=O)NC1CCN([C@H]2CCC[C@@H]2O)C1. The Balaban J connectivity index is 1.84. The van der Waals surface area contributed by atoms with Crippen molar-refractivity contribution in [3.63, 3.8) is 0 Å². The third-order valence-corrected chi connectivity index (χ3v) is 3.54. The molecule has 4 nitrogen and oxygen atoms in total. The van der Waals surface area contributed by atoms with Gasteiger partial charge in [0.2, 0.25) is 5.91 Å². The van der Waals surface area contributed by atoms with E-state index in [0.717, 1.165) is 38.8 Å². The number of likely N-dealkylation sites (tertiary alicyclic amines) is 1. The molecule has 1 aliphatic carbocycles. The highest BCUT2D eigenvalue weighted by Crippen LogP contribution is 2.26. The van der Waals surface area contributed by atoms with Gasteiger partial charge in [0, 0.05) is 32.1 Å². The van der Waals surface area contributed by atoms with E-state index >= 15 is 0 Å². The predicted molar refractivity (Wildman–Crippen MR) is 57.4 cm³/mol. The number of carbonyl (C=O) groups excluding carboxylic acids is 1.